The van der Waals surface area contributed by atoms with E-state index >= 15 is 0 Å². The molecule has 2 amide bonds. The maximum atomic E-state index is 11.7. The molecule has 1 aromatic carbocycles. The van der Waals surface area contributed by atoms with Crippen molar-refractivity contribution in [2.75, 3.05) is 10.6 Å². The lowest BCUT2D eigenvalue weighted by Gasteiger charge is -2.08. The van der Waals surface area contributed by atoms with Gasteiger partial charge in [0.1, 0.15) is 5.82 Å². The summed E-state index contributed by atoms with van der Waals surface area (Å²) < 4.78 is 0.830. The number of halogens is 1. The Morgan fingerprint density at radius 3 is 2.53 bits per heavy atom. The number of hydrogen-bond donors (Lipinski definition) is 2. The summed E-state index contributed by atoms with van der Waals surface area (Å²) in [5, 5.41) is 5.36. The van der Waals surface area contributed by atoms with Gasteiger partial charge in [0.2, 0.25) is 0 Å². The molecule has 2 aromatic rings. The fourth-order valence-corrected chi connectivity index (χ4v) is 1.65. The number of aromatic nitrogens is 1. The van der Waals surface area contributed by atoms with E-state index in [1.807, 2.05) is 24.3 Å². The molecule has 0 spiro atoms. The summed E-state index contributed by atoms with van der Waals surface area (Å²) in [6, 6.07) is 12.4. The number of amides is 2. The zero-order valence-corrected chi connectivity index (χ0v) is 10.4. The number of pyridine rings is 1. The van der Waals surface area contributed by atoms with Crippen molar-refractivity contribution in [2.24, 2.45) is 0 Å². The minimum absolute atomic E-state index is 0.324. The summed E-state index contributed by atoms with van der Waals surface area (Å²) in [7, 11) is 0. The van der Waals surface area contributed by atoms with Crippen molar-refractivity contribution in [3.05, 3.63) is 53.1 Å². The van der Waals surface area contributed by atoms with Crippen LogP contribution >= 0.6 is 15.9 Å². The molecular formula is C12H10BrN3O. The van der Waals surface area contributed by atoms with Gasteiger partial charge in [0.25, 0.3) is 0 Å². The summed E-state index contributed by atoms with van der Waals surface area (Å²) in [5.74, 6) is 0.511. The Morgan fingerprint density at radius 2 is 1.82 bits per heavy atom. The molecule has 0 fully saturated rings. The number of hydrogen-bond acceptors (Lipinski definition) is 2. The summed E-state index contributed by atoms with van der Waals surface area (Å²) in [6.07, 6.45) is 1.62. The van der Waals surface area contributed by atoms with E-state index in [-0.39, 0.29) is 6.03 Å². The highest BCUT2D eigenvalue weighted by Gasteiger charge is 2.04. The summed E-state index contributed by atoms with van der Waals surface area (Å²) in [6.45, 7) is 0. The molecule has 2 N–H and O–H groups in total. The van der Waals surface area contributed by atoms with E-state index in [0.717, 1.165) is 4.47 Å². The van der Waals surface area contributed by atoms with Crippen LogP contribution in [-0.4, -0.2) is 11.0 Å². The molecule has 5 heteroatoms. The second kappa shape index (κ2) is 5.45. The van der Waals surface area contributed by atoms with Gasteiger partial charge in [-0.2, -0.15) is 0 Å². The maximum Gasteiger partial charge on any atom is 0.324 e. The van der Waals surface area contributed by atoms with Crippen LogP contribution in [0.2, 0.25) is 0 Å². The average molecular weight is 292 g/mol. The predicted molar refractivity (Wildman–Crippen MR) is 71.0 cm³/mol. The molecule has 86 valence electrons. The normalized spacial score (nSPS) is 9.71. The van der Waals surface area contributed by atoms with E-state index in [1.54, 1.807) is 24.4 Å². The number of carbonyl (C=O) groups excluding carboxylic acids is 1. The first-order chi connectivity index (χ1) is 8.25. The topological polar surface area (TPSA) is 54.0 Å². The number of nitrogens with one attached hydrogen (secondary N) is 2. The number of anilines is 2. The van der Waals surface area contributed by atoms with Crippen LogP contribution in [-0.2, 0) is 0 Å². The molecule has 0 saturated heterocycles. The third kappa shape index (κ3) is 3.29. The Bertz CT molecular complexity index is 516. The minimum Gasteiger partial charge on any atom is -0.307 e. The van der Waals surface area contributed by atoms with Crippen molar-refractivity contribution in [3.63, 3.8) is 0 Å². The fraction of sp³-hybridized carbons (Fsp3) is 0. The van der Waals surface area contributed by atoms with Gasteiger partial charge in [0.15, 0.2) is 0 Å². The van der Waals surface area contributed by atoms with Crippen molar-refractivity contribution < 1.29 is 4.79 Å². The zero-order valence-electron chi connectivity index (χ0n) is 8.85. The first-order valence-corrected chi connectivity index (χ1v) is 5.78. The molecule has 0 radical (unpaired) electrons. The number of para-hydroxylation sites is 1. The first kappa shape index (κ1) is 11.6. The molecule has 0 aliphatic carbocycles. The van der Waals surface area contributed by atoms with Crippen LogP contribution < -0.4 is 10.6 Å². The van der Waals surface area contributed by atoms with E-state index in [9.17, 15) is 4.79 Å². The van der Waals surface area contributed by atoms with Crippen LogP contribution in [0.25, 0.3) is 0 Å². The molecule has 0 atom stereocenters. The summed E-state index contributed by atoms with van der Waals surface area (Å²) in [5.41, 5.74) is 0.709. The number of nitrogens with zero attached hydrogens (tertiary/aromatic N) is 1. The first-order valence-electron chi connectivity index (χ1n) is 4.99. The van der Waals surface area contributed by atoms with Gasteiger partial charge < -0.3 is 5.32 Å². The molecule has 2 rings (SSSR count). The molecule has 0 unspecified atom stereocenters. The molecule has 0 saturated carbocycles. The van der Waals surface area contributed by atoms with Crippen LogP contribution in [0.15, 0.2) is 53.1 Å². The van der Waals surface area contributed by atoms with Gasteiger partial charge in [-0.1, -0.05) is 18.2 Å². The van der Waals surface area contributed by atoms with E-state index in [2.05, 4.69) is 31.5 Å². The molecule has 0 aliphatic rings. The van der Waals surface area contributed by atoms with Gasteiger partial charge in [-0.15, -0.1) is 0 Å². The molecule has 17 heavy (non-hydrogen) atoms. The van der Waals surface area contributed by atoms with E-state index in [4.69, 9.17) is 0 Å². The Balaban J connectivity index is 2.01. The second-order valence-corrected chi connectivity index (χ2v) is 4.13. The van der Waals surface area contributed by atoms with Gasteiger partial charge in [0.05, 0.1) is 5.69 Å². The Hall–Kier alpha value is -1.88. The molecule has 1 heterocycles. The molecule has 0 bridgehead atoms. The van der Waals surface area contributed by atoms with Crippen molar-refractivity contribution in [2.45, 2.75) is 0 Å². The van der Waals surface area contributed by atoms with Crippen LogP contribution in [0, 0.1) is 0 Å². The SMILES string of the molecule is O=C(Nc1ccccn1)Nc1ccccc1Br. The van der Waals surface area contributed by atoms with Crippen LogP contribution in [0.4, 0.5) is 16.3 Å². The standard InChI is InChI=1S/C12H10BrN3O/c13-9-5-1-2-6-10(9)15-12(17)16-11-7-3-4-8-14-11/h1-8H,(H2,14,15,16,17). The van der Waals surface area contributed by atoms with E-state index in [0.29, 0.717) is 11.5 Å². The minimum atomic E-state index is -0.324. The van der Waals surface area contributed by atoms with Gasteiger partial charge >= 0.3 is 6.03 Å². The Kier molecular flexibility index (Phi) is 3.72. The van der Waals surface area contributed by atoms with E-state index < -0.39 is 0 Å². The predicted octanol–water partition coefficient (Wildman–Crippen LogP) is 3.49. The summed E-state index contributed by atoms with van der Waals surface area (Å²) in [4.78, 5) is 15.7. The number of urea groups is 1. The fourth-order valence-electron chi connectivity index (χ4n) is 1.27. The van der Waals surface area contributed by atoms with Crippen LogP contribution in [0.1, 0.15) is 0 Å². The smallest absolute Gasteiger partial charge is 0.307 e. The lowest BCUT2D eigenvalue weighted by atomic mass is 10.3. The molecule has 1 aromatic heterocycles. The highest BCUT2D eigenvalue weighted by molar-refractivity contribution is 9.10. The Morgan fingerprint density at radius 1 is 1.06 bits per heavy atom. The third-order valence-corrected chi connectivity index (χ3v) is 2.72. The van der Waals surface area contributed by atoms with Gasteiger partial charge in [-0.05, 0) is 40.2 Å². The van der Waals surface area contributed by atoms with Gasteiger partial charge in [-0.3, -0.25) is 5.32 Å². The van der Waals surface area contributed by atoms with Crippen molar-refractivity contribution in [3.8, 4) is 0 Å². The number of benzene rings is 1. The summed E-state index contributed by atoms with van der Waals surface area (Å²) >= 11 is 3.35. The lowest BCUT2D eigenvalue weighted by molar-refractivity contribution is 0.262. The van der Waals surface area contributed by atoms with Crippen molar-refractivity contribution in [1.82, 2.24) is 4.98 Å². The van der Waals surface area contributed by atoms with Gasteiger partial charge in [-0.25, -0.2) is 9.78 Å². The zero-order chi connectivity index (χ0) is 12.1. The average Bonchev–Trinajstić information content (AvgIpc) is 2.33. The number of carbonyl (C=O) groups is 1. The van der Waals surface area contributed by atoms with Crippen molar-refractivity contribution >= 4 is 33.5 Å². The van der Waals surface area contributed by atoms with Crippen LogP contribution in [0.5, 0.6) is 0 Å². The van der Waals surface area contributed by atoms with Crippen molar-refractivity contribution in [1.29, 1.82) is 0 Å². The quantitative estimate of drug-likeness (QED) is 0.890. The highest BCUT2D eigenvalue weighted by atomic mass is 79.9. The maximum absolute atomic E-state index is 11.7. The largest absolute Gasteiger partial charge is 0.324 e. The molecule has 4 nitrogen and oxygen atoms in total. The monoisotopic (exact) mass is 291 g/mol. The highest BCUT2D eigenvalue weighted by Crippen LogP contribution is 2.21. The van der Waals surface area contributed by atoms with E-state index in [1.165, 1.54) is 0 Å². The lowest BCUT2D eigenvalue weighted by Crippen LogP contribution is -2.20. The third-order valence-electron chi connectivity index (χ3n) is 2.03. The Labute approximate surface area is 107 Å². The van der Waals surface area contributed by atoms with Crippen LogP contribution in [0.3, 0.4) is 0 Å². The number of rotatable bonds is 2. The van der Waals surface area contributed by atoms with Gasteiger partial charge in [0, 0.05) is 10.7 Å². The molecular weight excluding hydrogens is 282 g/mol. The second-order valence-electron chi connectivity index (χ2n) is 3.27. The molecule has 0 aliphatic heterocycles.